The first-order valence-electron chi connectivity index (χ1n) is 5.02. The van der Waals surface area contributed by atoms with E-state index in [0.717, 1.165) is 26.1 Å². The quantitative estimate of drug-likeness (QED) is 0.641. The van der Waals surface area contributed by atoms with Crippen molar-refractivity contribution in [3.63, 3.8) is 0 Å². The summed E-state index contributed by atoms with van der Waals surface area (Å²) in [5.41, 5.74) is 2.91. The number of hydrogen-bond acceptors (Lipinski definition) is 1. The number of hydrogen-bond donors (Lipinski definition) is 0. The fraction of sp³-hybridized carbons (Fsp3) is 0.417. The summed E-state index contributed by atoms with van der Waals surface area (Å²) in [6.45, 7) is 10.4. The SMILES string of the molecule is [C-]#[N+]CCN1CCc2ccccc2C1. The summed E-state index contributed by atoms with van der Waals surface area (Å²) in [6, 6.07) is 8.60. The van der Waals surface area contributed by atoms with E-state index in [2.05, 4.69) is 34.0 Å². The number of benzene rings is 1. The van der Waals surface area contributed by atoms with Crippen molar-refractivity contribution in [1.29, 1.82) is 0 Å². The van der Waals surface area contributed by atoms with Gasteiger partial charge in [0.15, 0.2) is 0 Å². The lowest BCUT2D eigenvalue weighted by atomic mass is 10.0. The van der Waals surface area contributed by atoms with E-state index in [0.29, 0.717) is 6.54 Å². The molecule has 72 valence electrons. The van der Waals surface area contributed by atoms with Crippen LogP contribution in [0.4, 0.5) is 0 Å². The summed E-state index contributed by atoms with van der Waals surface area (Å²) in [5, 5.41) is 0. The molecular formula is C12H14N2. The molecule has 1 aliphatic heterocycles. The maximum atomic E-state index is 6.76. The molecule has 0 atom stereocenters. The van der Waals surface area contributed by atoms with E-state index in [1.165, 1.54) is 11.1 Å². The lowest BCUT2D eigenvalue weighted by Crippen LogP contribution is -2.32. The summed E-state index contributed by atoms with van der Waals surface area (Å²) >= 11 is 0. The van der Waals surface area contributed by atoms with Crippen molar-refractivity contribution < 1.29 is 0 Å². The first-order chi connectivity index (χ1) is 6.90. The van der Waals surface area contributed by atoms with E-state index in [1.807, 2.05) is 0 Å². The summed E-state index contributed by atoms with van der Waals surface area (Å²) in [6.07, 6.45) is 1.13. The minimum atomic E-state index is 0.627. The van der Waals surface area contributed by atoms with Crippen molar-refractivity contribution >= 4 is 0 Å². The molecule has 2 heteroatoms. The molecule has 2 rings (SSSR count). The maximum absolute atomic E-state index is 6.76. The fourth-order valence-corrected chi connectivity index (χ4v) is 1.94. The highest BCUT2D eigenvalue weighted by Crippen LogP contribution is 2.17. The highest BCUT2D eigenvalue weighted by molar-refractivity contribution is 5.28. The molecule has 0 amide bonds. The zero-order valence-electron chi connectivity index (χ0n) is 8.24. The highest BCUT2D eigenvalue weighted by atomic mass is 15.1. The van der Waals surface area contributed by atoms with Crippen LogP contribution < -0.4 is 0 Å². The van der Waals surface area contributed by atoms with Crippen LogP contribution in [0.5, 0.6) is 0 Å². The monoisotopic (exact) mass is 186 g/mol. The van der Waals surface area contributed by atoms with Gasteiger partial charge in [-0.15, -0.1) is 0 Å². The molecule has 0 fully saturated rings. The van der Waals surface area contributed by atoms with Gasteiger partial charge in [0.25, 0.3) is 0 Å². The van der Waals surface area contributed by atoms with E-state index in [4.69, 9.17) is 6.57 Å². The Morgan fingerprint density at radius 3 is 2.86 bits per heavy atom. The van der Waals surface area contributed by atoms with E-state index in [1.54, 1.807) is 0 Å². The second kappa shape index (κ2) is 4.26. The third-order valence-corrected chi connectivity index (χ3v) is 2.74. The van der Waals surface area contributed by atoms with E-state index < -0.39 is 0 Å². The van der Waals surface area contributed by atoms with Crippen LogP contribution in [0.3, 0.4) is 0 Å². The molecule has 0 saturated carbocycles. The van der Waals surface area contributed by atoms with Crippen molar-refractivity contribution in [1.82, 2.24) is 4.90 Å². The average Bonchev–Trinajstić information content (AvgIpc) is 2.26. The van der Waals surface area contributed by atoms with Gasteiger partial charge in [-0.3, -0.25) is 4.90 Å². The van der Waals surface area contributed by atoms with Gasteiger partial charge in [-0.2, -0.15) is 0 Å². The molecule has 1 aliphatic rings. The van der Waals surface area contributed by atoms with Gasteiger partial charge in [0.1, 0.15) is 0 Å². The summed E-state index contributed by atoms with van der Waals surface area (Å²) < 4.78 is 0. The lowest BCUT2D eigenvalue weighted by molar-refractivity contribution is 0.266. The van der Waals surface area contributed by atoms with Crippen LogP contribution in [0.25, 0.3) is 4.85 Å². The first kappa shape index (κ1) is 9.23. The molecule has 0 radical (unpaired) electrons. The number of rotatable bonds is 2. The Labute approximate surface area is 85.0 Å². The summed E-state index contributed by atoms with van der Waals surface area (Å²) in [4.78, 5) is 5.76. The molecule has 0 aliphatic carbocycles. The molecule has 0 aromatic heterocycles. The molecule has 0 N–H and O–H groups in total. The Bertz CT molecular complexity index is 352. The maximum Gasteiger partial charge on any atom is 0.227 e. The third-order valence-electron chi connectivity index (χ3n) is 2.74. The normalized spacial score (nSPS) is 15.9. The van der Waals surface area contributed by atoms with Crippen LogP contribution in [0, 0.1) is 6.57 Å². The topological polar surface area (TPSA) is 7.60 Å². The smallest absolute Gasteiger partial charge is 0.227 e. The highest BCUT2D eigenvalue weighted by Gasteiger charge is 2.15. The molecule has 14 heavy (non-hydrogen) atoms. The third kappa shape index (κ3) is 1.94. The van der Waals surface area contributed by atoms with Gasteiger partial charge in [-0.1, -0.05) is 24.3 Å². The average molecular weight is 186 g/mol. The molecule has 1 aromatic rings. The number of nitrogens with zero attached hydrogens (tertiary/aromatic N) is 2. The van der Waals surface area contributed by atoms with Gasteiger partial charge in [-0.05, 0) is 17.5 Å². The molecule has 1 heterocycles. The summed E-state index contributed by atoms with van der Waals surface area (Å²) in [7, 11) is 0. The zero-order valence-corrected chi connectivity index (χ0v) is 8.24. The molecule has 1 aromatic carbocycles. The van der Waals surface area contributed by atoms with Crippen LogP contribution in [0.15, 0.2) is 24.3 Å². The standard InChI is InChI=1S/C12H14N2/c1-13-7-9-14-8-6-11-4-2-3-5-12(11)10-14/h2-5H,6-10H2. The molecular weight excluding hydrogens is 172 g/mol. The number of fused-ring (bicyclic) bond motifs is 1. The van der Waals surface area contributed by atoms with Gasteiger partial charge < -0.3 is 4.85 Å². The van der Waals surface area contributed by atoms with Crippen molar-refractivity contribution in [3.05, 3.63) is 46.8 Å². The van der Waals surface area contributed by atoms with E-state index >= 15 is 0 Å². The first-order valence-corrected chi connectivity index (χ1v) is 5.02. The van der Waals surface area contributed by atoms with Crippen LogP contribution in [-0.2, 0) is 13.0 Å². The van der Waals surface area contributed by atoms with Crippen molar-refractivity contribution in [2.24, 2.45) is 0 Å². The minimum absolute atomic E-state index is 0.627. The Morgan fingerprint density at radius 1 is 1.29 bits per heavy atom. The second-order valence-electron chi connectivity index (χ2n) is 3.68. The zero-order chi connectivity index (χ0) is 9.80. The Kier molecular flexibility index (Phi) is 2.81. The van der Waals surface area contributed by atoms with Crippen LogP contribution in [-0.4, -0.2) is 24.5 Å². The van der Waals surface area contributed by atoms with E-state index in [9.17, 15) is 0 Å². The Morgan fingerprint density at radius 2 is 2.07 bits per heavy atom. The van der Waals surface area contributed by atoms with Crippen LogP contribution >= 0.6 is 0 Å². The van der Waals surface area contributed by atoms with Crippen LogP contribution in [0.2, 0.25) is 0 Å². The van der Waals surface area contributed by atoms with Gasteiger partial charge >= 0.3 is 0 Å². The van der Waals surface area contributed by atoms with Crippen LogP contribution in [0.1, 0.15) is 11.1 Å². The molecule has 0 saturated heterocycles. The minimum Gasteiger partial charge on any atom is -0.316 e. The van der Waals surface area contributed by atoms with Gasteiger partial charge in [0, 0.05) is 13.1 Å². The summed E-state index contributed by atoms with van der Waals surface area (Å²) in [5.74, 6) is 0. The van der Waals surface area contributed by atoms with Gasteiger partial charge in [0.05, 0.1) is 6.54 Å². The Balaban J connectivity index is 2.03. The van der Waals surface area contributed by atoms with Crippen molar-refractivity contribution in [2.45, 2.75) is 13.0 Å². The predicted octanol–water partition coefficient (Wildman–Crippen LogP) is 1.96. The molecule has 0 unspecified atom stereocenters. The predicted molar refractivity (Wildman–Crippen MR) is 56.9 cm³/mol. The molecule has 2 nitrogen and oxygen atoms in total. The van der Waals surface area contributed by atoms with Gasteiger partial charge in [0.2, 0.25) is 6.54 Å². The second-order valence-corrected chi connectivity index (χ2v) is 3.68. The van der Waals surface area contributed by atoms with Gasteiger partial charge in [-0.25, -0.2) is 6.57 Å². The Hall–Kier alpha value is -1.33. The van der Waals surface area contributed by atoms with Crippen molar-refractivity contribution in [2.75, 3.05) is 19.6 Å². The molecule has 0 spiro atoms. The fourth-order valence-electron chi connectivity index (χ4n) is 1.94. The lowest BCUT2D eigenvalue weighted by Gasteiger charge is -2.26. The largest absolute Gasteiger partial charge is 0.316 e. The molecule has 0 bridgehead atoms. The van der Waals surface area contributed by atoms with Crippen molar-refractivity contribution in [3.8, 4) is 0 Å². The van der Waals surface area contributed by atoms with E-state index in [-0.39, 0.29) is 0 Å².